The van der Waals surface area contributed by atoms with E-state index < -0.39 is 6.10 Å². The standard InChI is InChI=1S/C18H28ClNO2/c1-13(2)10-11-22-14(3)17(21)20-18(4,5)12-15-8-6-7-9-16(15)19/h6-9,13-14H,10-12H2,1-5H3,(H,20,21). The number of carbonyl (C=O) groups excluding carboxylic acids is 1. The summed E-state index contributed by atoms with van der Waals surface area (Å²) in [5.41, 5.74) is 0.653. The number of ether oxygens (including phenoxy) is 1. The number of hydrogen-bond donors (Lipinski definition) is 1. The van der Waals surface area contributed by atoms with E-state index in [1.807, 2.05) is 38.1 Å². The van der Waals surface area contributed by atoms with Gasteiger partial charge in [0, 0.05) is 17.2 Å². The summed E-state index contributed by atoms with van der Waals surface area (Å²) >= 11 is 6.19. The van der Waals surface area contributed by atoms with Gasteiger partial charge in [-0.3, -0.25) is 4.79 Å². The first-order valence-corrected chi connectivity index (χ1v) is 8.26. The molecule has 0 aliphatic carbocycles. The molecule has 0 aliphatic rings. The lowest BCUT2D eigenvalue weighted by molar-refractivity contribution is -0.133. The topological polar surface area (TPSA) is 38.3 Å². The maximum Gasteiger partial charge on any atom is 0.249 e. The van der Waals surface area contributed by atoms with Crippen LogP contribution in [0.1, 0.15) is 46.6 Å². The number of hydrogen-bond acceptors (Lipinski definition) is 2. The second-order valence-corrected chi connectivity index (χ2v) is 7.24. The van der Waals surface area contributed by atoms with Gasteiger partial charge in [-0.25, -0.2) is 0 Å². The summed E-state index contributed by atoms with van der Waals surface area (Å²) in [6.45, 7) is 10.7. The predicted molar refractivity (Wildman–Crippen MR) is 92.2 cm³/mol. The van der Waals surface area contributed by atoms with Crippen LogP contribution in [0.2, 0.25) is 5.02 Å². The molecule has 1 rings (SSSR count). The second-order valence-electron chi connectivity index (χ2n) is 6.84. The predicted octanol–water partition coefficient (Wildman–Crippen LogP) is 4.23. The minimum atomic E-state index is -0.440. The highest BCUT2D eigenvalue weighted by atomic mass is 35.5. The monoisotopic (exact) mass is 325 g/mol. The summed E-state index contributed by atoms with van der Waals surface area (Å²) < 4.78 is 5.60. The number of rotatable bonds is 8. The summed E-state index contributed by atoms with van der Waals surface area (Å²) in [4.78, 5) is 12.2. The van der Waals surface area contributed by atoms with Gasteiger partial charge in [0.05, 0.1) is 0 Å². The van der Waals surface area contributed by atoms with Gasteiger partial charge in [0.1, 0.15) is 6.10 Å². The number of amides is 1. The fourth-order valence-electron chi connectivity index (χ4n) is 2.15. The van der Waals surface area contributed by atoms with E-state index in [-0.39, 0.29) is 11.4 Å². The molecule has 0 saturated carbocycles. The Kier molecular flexibility index (Phi) is 7.37. The van der Waals surface area contributed by atoms with Gasteiger partial charge in [-0.1, -0.05) is 43.6 Å². The highest BCUT2D eigenvalue weighted by Crippen LogP contribution is 2.21. The first-order chi connectivity index (χ1) is 10.2. The molecule has 1 aromatic rings. The fourth-order valence-corrected chi connectivity index (χ4v) is 2.36. The zero-order valence-electron chi connectivity index (χ0n) is 14.3. The van der Waals surface area contributed by atoms with Crippen LogP contribution in [0.3, 0.4) is 0 Å². The third-order valence-electron chi connectivity index (χ3n) is 3.48. The van der Waals surface area contributed by atoms with Crippen molar-refractivity contribution < 1.29 is 9.53 Å². The van der Waals surface area contributed by atoms with Crippen LogP contribution < -0.4 is 5.32 Å². The molecule has 0 spiro atoms. The van der Waals surface area contributed by atoms with Crippen LogP contribution in [-0.2, 0) is 16.0 Å². The average molecular weight is 326 g/mol. The highest BCUT2D eigenvalue weighted by molar-refractivity contribution is 6.31. The summed E-state index contributed by atoms with van der Waals surface area (Å²) in [5, 5.41) is 3.78. The highest BCUT2D eigenvalue weighted by Gasteiger charge is 2.25. The quantitative estimate of drug-likeness (QED) is 0.776. The van der Waals surface area contributed by atoms with Gasteiger partial charge in [0.15, 0.2) is 0 Å². The molecule has 124 valence electrons. The summed E-state index contributed by atoms with van der Waals surface area (Å²) in [6, 6.07) is 7.71. The molecular formula is C18H28ClNO2. The van der Waals surface area contributed by atoms with Crippen LogP contribution in [0.25, 0.3) is 0 Å². The molecule has 1 atom stereocenters. The molecule has 1 unspecified atom stereocenters. The van der Waals surface area contributed by atoms with E-state index in [0.29, 0.717) is 18.9 Å². The Morgan fingerprint density at radius 3 is 2.50 bits per heavy atom. The maximum atomic E-state index is 12.2. The molecule has 0 aliphatic heterocycles. The van der Waals surface area contributed by atoms with Crippen molar-refractivity contribution in [2.45, 2.75) is 59.1 Å². The van der Waals surface area contributed by atoms with Gasteiger partial charge >= 0.3 is 0 Å². The molecule has 0 aromatic heterocycles. The Balaban J connectivity index is 2.52. The number of benzene rings is 1. The van der Waals surface area contributed by atoms with Gasteiger partial charge < -0.3 is 10.1 Å². The third-order valence-corrected chi connectivity index (χ3v) is 3.85. The molecule has 0 fully saturated rings. The van der Waals surface area contributed by atoms with Crippen LogP contribution in [0.15, 0.2) is 24.3 Å². The Bertz CT molecular complexity index is 486. The SMILES string of the molecule is CC(C)CCOC(C)C(=O)NC(C)(C)Cc1ccccc1Cl. The van der Waals surface area contributed by atoms with Crippen molar-refractivity contribution >= 4 is 17.5 Å². The Labute approximate surface area is 139 Å². The lowest BCUT2D eigenvalue weighted by Gasteiger charge is -2.28. The van der Waals surface area contributed by atoms with Crippen LogP contribution >= 0.6 is 11.6 Å². The average Bonchev–Trinajstić information content (AvgIpc) is 2.40. The largest absolute Gasteiger partial charge is 0.369 e. The molecule has 4 heteroatoms. The van der Waals surface area contributed by atoms with Gasteiger partial charge in [-0.2, -0.15) is 0 Å². The minimum absolute atomic E-state index is 0.0826. The van der Waals surface area contributed by atoms with E-state index >= 15 is 0 Å². The van der Waals surface area contributed by atoms with Gasteiger partial charge in [-0.05, 0) is 51.2 Å². The first kappa shape index (κ1) is 19.0. The van der Waals surface area contributed by atoms with Crippen molar-refractivity contribution in [1.29, 1.82) is 0 Å². The lowest BCUT2D eigenvalue weighted by atomic mass is 9.94. The Hall–Kier alpha value is -1.06. The van der Waals surface area contributed by atoms with Crippen molar-refractivity contribution in [1.82, 2.24) is 5.32 Å². The van der Waals surface area contributed by atoms with Crippen LogP contribution in [0.4, 0.5) is 0 Å². The van der Waals surface area contributed by atoms with Crippen molar-refractivity contribution in [2.24, 2.45) is 5.92 Å². The zero-order chi connectivity index (χ0) is 16.8. The number of carbonyl (C=O) groups is 1. The second kappa shape index (κ2) is 8.54. The van der Waals surface area contributed by atoms with Crippen molar-refractivity contribution in [3.63, 3.8) is 0 Å². The van der Waals surface area contributed by atoms with E-state index in [1.165, 1.54) is 0 Å². The van der Waals surface area contributed by atoms with E-state index in [2.05, 4.69) is 19.2 Å². The van der Waals surface area contributed by atoms with Crippen LogP contribution in [0.5, 0.6) is 0 Å². The summed E-state index contributed by atoms with van der Waals surface area (Å²) in [7, 11) is 0. The lowest BCUT2D eigenvalue weighted by Crippen LogP contribution is -2.49. The smallest absolute Gasteiger partial charge is 0.249 e. The molecular weight excluding hydrogens is 298 g/mol. The zero-order valence-corrected chi connectivity index (χ0v) is 15.0. The van der Waals surface area contributed by atoms with Crippen molar-refractivity contribution in [3.8, 4) is 0 Å². The van der Waals surface area contributed by atoms with Crippen LogP contribution in [-0.4, -0.2) is 24.2 Å². The number of nitrogens with one attached hydrogen (secondary N) is 1. The molecule has 3 nitrogen and oxygen atoms in total. The molecule has 0 saturated heterocycles. The maximum absolute atomic E-state index is 12.2. The van der Waals surface area contributed by atoms with Gasteiger partial charge in [-0.15, -0.1) is 0 Å². The molecule has 0 radical (unpaired) electrons. The van der Waals surface area contributed by atoms with E-state index in [4.69, 9.17) is 16.3 Å². The summed E-state index contributed by atoms with van der Waals surface area (Å²) in [5.74, 6) is 0.493. The van der Waals surface area contributed by atoms with Crippen LogP contribution in [0, 0.1) is 5.92 Å². The molecule has 22 heavy (non-hydrogen) atoms. The molecule has 1 N–H and O–H groups in total. The Morgan fingerprint density at radius 2 is 1.91 bits per heavy atom. The minimum Gasteiger partial charge on any atom is -0.369 e. The molecule has 1 aromatic carbocycles. The summed E-state index contributed by atoms with van der Waals surface area (Å²) in [6.07, 6.45) is 1.20. The molecule has 0 bridgehead atoms. The van der Waals surface area contributed by atoms with Gasteiger partial charge in [0.2, 0.25) is 5.91 Å². The molecule has 0 heterocycles. The fraction of sp³-hybridized carbons (Fsp3) is 0.611. The van der Waals surface area contributed by atoms with E-state index in [1.54, 1.807) is 6.92 Å². The number of halogens is 1. The normalized spacial score (nSPS) is 13.2. The van der Waals surface area contributed by atoms with E-state index in [9.17, 15) is 4.79 Å². The Morgan fingerprint density at radius 1 is 1.27 bits per heavy atom. The molecule has 1 amide bonds. The van der Waals surface area contributed by atoms with Crippen molar-refractivity contribution in [3.05, 3.63) is 34.9 Å². The van der Waals surface area contributed by atoms with E-state index in [0.717, 1.165) is 17.0 Å². The first-order valence-electron chi connectivity index (χ1n) is 7.88. The van der Waals surface area contributed by atoms with Gasteiger partial charge in [0.25, 0.3) is 0 Å². The van der Waals surface area contributed by atoms with Crippen molar-refractivity contribution in [2.75, 3.05) is 6.61 Å². The third kappa shape index (κ3) is 6.80.